The minimum atomic E-state index is -0.189. The Hall–Kier alpha value is -2.89. The molecule has 0 saturated carbocycles. The highest BCUT2D eigenvalue weighted by molar-refractivity contribution is 5.96. The highest BCUT2D eigenvalue weighted by Crippen LogP contribution is 2.33. The van der Waals surface area contributed by atoms with Gasteiger partial charge in [0.2, 0.25) is 0 Å². The molecule has 0 aliphatic carbocycles. The predicted octanol–water partition coefficient (Wildman–Crippen LogP) is 3.27. The Bertz CT molecular complexity index is 818. The molecular weight excluding hydrogens is 334 g/mol. The summed E-state index contributed by atoms with van der Waals surface area (Å²) in [7, 11) is 3.12. The second kappa shape index (κ2) is 7.56. The molecule has 3 rings (SSSR count). The second-order valence-corrected chi connectivity index (χ2v) is 6.12. The van der Waals surface area contributed by atoms with Crippen LogP contribution in [0.25, 0.3) is 0 Å². The van der Waals surface area contributed by atoms with Gasteiger partial charge in [-0.25, -0.2) is 0 Å². The fourth-order valence-electron chi connectivity index (χ4n) is 2.91. The van der Waals surface area contributed by atoms with Gasteiger partial charge in [-0.3, -0.25) is 4.79 Å². The van der Waals surface area contributed by atoms with E-state index in [2.05, 4.69) is 5.32 Å². The zero-order chi connectivity index (χ0) is 18.7. The van der Waals surface area contributed by atoms with Crippen LogP contribution in [0.4, 0.5) is 0 Å². The predicted molar refractivity (Wildman–Crippen MR) is 97.6 cm³/mol. The molecule has 2 aromatic rings. The van der Waals surface area contributed by atoms with Gasteiger partial charge in [0, 0.05) is 5.56 Å². The van der Waals surface area contributed by atoms with Gasteiger partial charge >= 0.3 is 0 Å². The van der Waals surface area contributed by atoms with Crippen molar-refractivity contribution < 1.29 is 23.7 Å². The van der Waals surface area contributed by atoms with Gasteiger partial charge in [0.25, 0.3) is 5.91 Å². The number of nitrogens with one attached hydrogen (secondary N) is 1. The number of fused-ring (bicyclic) bond motifs is 1. The number of hydrogen-bond donors (Lipinski definition) is 1. The minimum absolute atomic E-state index is 0.175. The number of amides is 1. The van der Waals surface area contributed by atoms with Crippen LogP contribution in [0.1, 0.15) is 34.5 Å². The lowest BCUT2D eigenvalue weighted by Crippen LogP contribution is -2.27. The lowest BCUT2D eigenvalue weighted by atomic mass is 10.0. The molecular formula is C20H23NO5. The van der Waals surface area contributed by atoms with Crippen LogP contribution in [-0.2, 0) is 0 Å². The van der Waals surface area contributed by atoms with Gasteiger partial charge in [-0.15, -0.1) is 0 Å². The number of carbonyl (C=O) groups excluding carboxylic acids is 1. The fourth-order valence-corrected chi connectivity index (χ4v) is 2.91. The summed E-state index contributed by atoms with van der Waals surface area (Å²) >= 11 is 0. The van der Waals surface area contributed by atoms with Crippen molar-refractivity contribution >= 4 is 5.91 Å². The normalized spacial score (nSPS) is 13.7. The van der Waals surface area contributed by atoms with Gasteiger partial charge in [-0.1, -0.05) is 6.07 Å². The molecule has 0 radical (unpaired) electrons. The molecule has 1 atom stereocenters. The van der Waals surface area contributed by atoms with E-state index in [1.807, 2.05) is 32.0 Å². The van der Waals surface area contributed by atoms with Crippen molar-refractivity contribution in [3.8, 4) is 23.0 Å². The van der Waals surface area contributed by atoms with E-state index in [9.17, 15) is 4.79 Å². The third-order valence-corrected chi connectivity index (χ3v) is 4.39. The third kappa shape index (κ3) is 3.54. The van der Waals surface area contributed by atoms with Crippen LogP contribution < -0.4 is 24.3 Å². The quantitative estimate of drug-likeness (QED) is 0.890. The number of rotatable bonds is 5. The van der Waals surface area contributed by atoms with E-state index in [1.54, 1.807) is 26.4 Å². The van der Waals surface area contributed by atoms with Gasteiger partial charge < -0.3 is 24.3 Å². The van der Waals surface area contributed by atoms with E-state index in [-0.39, 0.29) is 11.9 Å². The molecule has 2 aromatic carbocycles. The van der Waals surface area contributed by atoms with E-state index in [0.717, 1.165) is 16.9 Å². The molecule has 0 bridgehead atoms. The molecule has 1 N–H and O–H groups in total. The average Bonchev–Trinajstić information content (AvgIpc) is 2.67. The highest BCUT2D eigenvalue weighted by Gasteiger charge is 2.19. The van der Waals surface area contributed by atoms with Crippen molar-refractivity contribution in [2.45, 2.75) is 19.9 Å². The average molecular weight is 357 g/mol. The zero-order valence-electron chi connectivity index (χ0n) is 15.4. The molecule has 26 heavy (non-hydrogen) atoms. The van der Waals surface area contributed by atoms with Crippen molar-refractivity contribution in [1.82, 2.24) is 5.32 Å². The number of benzene rings is 2. The van der Waals surface area contributed by atoms with Crippen LogP contribution in [0, 0.1) is 6.92 Å². The van der Waals surface area contributed by atoms with Crippen LogP contribution in [0.2, 0.25) is 0 Å². The number of carbonyl (C=O) groups is 1. The van der Waals surface area contributed by atoms with Gasteiger partial charge in [-0.05, 0) is 49.2 Å². The van der Waals surface area contributed by atoms with E-state index in [4.69, 9.17) is 18.9 Å². The lowest BCUT2D eigenvalue weighted by Gasteiger charge is -2.21. The molecule has 1 aliphatic rings. The second-order valence-electron chi connectivity index (χ2n) is 6.12. The van der Waals surface area contributed by atoms with Crippen LogP contribution >= 0.6 is 0 Å². The van der Waals surface area contributed by atoms with Gasteiger partial charge in [0.05, 0.1) is 20.3 Å². The molecule has 0 aromatic heterocycles. The van der Waals surface area contributed by atoms with Crippen LogP contribution in [0.5, 0.6) is 23.0 Å². The van der Waals surface area contributed by atoms with Crippen molar-refractivity contribution in [2.24, 2.45) is 0 Å². The number of methoxy groups -OCH3 is 2. The molecule has 1 unspecified atom stereocenters. The van der Waals surface area contributed by atoms with E-state index in [0.29, 0.717) is 36.0 Å². The molecule has 6 heteroatoms. The topological polar surface area (TPSA) is 66.0 Å². The summed E-state index contributed by atoms with van der Waals surface area (Å²) in [4.78, 5) is 12.7. The Morgan fingerprint density at radius 2 is 1.69 bits per heavy atom. The summed E-state index contributed by atoms with van der Waals surface area (Å²) in [5, 5.41) is 3.02. The maximum Gasteiger partial charge on any atom is 0.252 e. The summed E-state index contributed by atoms with van der Waals surface area (Å²) in [6, 6.07) is 9.00. The van der Waals surface area contributed by atoms with Gasteiger partial charge in [0.15, 0.2) is 23.0 Å². The largest absolute Gasteiger partial charge is 0.493 e. The Morgan fingerprint density at radius 3 is 2.38 bits per heavy atom. The Labute approximate surface area is 153 Å². The van der Waals surface area contributed by atoms with E-state index >= 15 is 0 Å². The summed E-state index contributed by atoms with van der Waals surface area (Å²) < 4.78 is 21.7. The smallest absolute Gasteiger partial charge is 0.252 e. The molecule has 0 spiro atoms. The van der Waals surface area contributed by atoms with Gasteiger partial charge in [-0.2, -0.15) is 0 Å². The highest BCUT2D eigenvalue weighted by atomic mass is 16.6. The van der Waals surface area contributed by atoms with Crippen molar-refractivity contribution in [3.05, 3.63) is 47.0 Å². The molecule has 0 fully saturated rings. The molecule has 138 valence electrons. The first-order valence-electron chi connectivity index (χ1n) is 8.46. The first-order chi connectivity index (χ1) is 12.5. The van der Waals surface area contributed by atoms with Crippen LogP contribution in [-0.4, -0.2) is 33.3 Å². The summed E-state index contributed by atoms with van der Waals surface area (Å²) in [5.41, 5.74) is 2.31. The zero-order valence-corrected chi connectivity index (χ0v) is 15.4. The molecule has 1 aliphatic heterocycles. The van der Waals surface area contributed by atoms with Crippen molar-refractivity contribution in [1.29, 1.82) is 0 Å². The van der Waals surface area contributed by atoms with Crippen LogP contribution in [0.3, 0.4) is 0 Å². The molecule has 1 amide bonds. The molecule has 1 heterocycles. The number of ether oxygens (including phenoxy) is 4. The van der Waals surface area contributed by atoms with E-state index < -0.39 is 0 Å². The number of hydrogen-bond acceptors (Lipinski definition) is 5. The monoisotopic (exact) mass is 357 g/mol. The van der Waals surface area contributed by atoms with Gasteiger partial charge in [0.1, 0.15) is 13.2 Å². The first kappa shape index (κ1) is 17.9. The number of aryl methyl sites for hydroxylation is 1. The van der Waals surface area contributed by atoms with Crippen LogP contribution in [0.15, 0.2) is 30.3 Å². The Morgan fingerprint density at radius 1 is 1.04 bits per heavy atom. The maximum absolute atomic E-state index is 12.7. The van der Waals surface area contributed by atoms with E-state index in [1.165, 1.54) is 0 Å². The van der Waals surface area contributed by atoms with Crippen molar-refractivity contribution in [2.75, 3.05) is 27.4 Å². The SMILES string of the molecule is COc1cc(C)c(C(=O)NC(C)c2ccc3c(c2)OCCO3)cc1OC. The standard InChI is InChI=1S/C20H23NO5/c1-12-9-17(23-3)18(24-4)11-15(12)20(22)21-13(2)14-5-6-16-19(10-14)26-8-7-25-16/h5-6,9-11,13H,7-8H2,1-4H3,(H,21,22). The Kier molecular flexibility index (Phi) is 5.21. The minimum Gasteiger partial charge on any atom is -0.493 e. The molecule has 0 saturated heterocycles. The summed E-state index contributed by atoms with van der Waals surface area (Å²) in [6.45, 7) is 4.88. The Balaban J connectivity index is 1.79. The van der Waals surface area contributed by atoms with Crippen molar-refractivity contribution in [3.63, 3.8) is 0 Å². The first-order valence-corrected chi connectivity index (χ1v) is 8.46. The summed E-state index contributed by atoms with van der Waals surface area (Å²) in [5.74, 6) is 2.38. The fraction of sp³-hybridized carbons (Fsp3) is 0.350. The summed E-state index contributed by atoms with van der Waals surface area (Å²) in [6.07, 6.45) is 0. The maximum atomic E-state index is 12.7. The lowest BCUT2D eigenvalue weighted by molar-refractivity contribution is 0.0938. The third-order valence-electron chi connectivity index (χ3n) is 4.39. The molecule has 6 nitrogen and oxygen atoms in total.